The summed E-state index contributed by atoms with van der Waals surface area (Å²) in [7, 11) is 0. The van der Waals surface area contributed by atoms with Crippen LogP contribution in [0.2, 0.25) is 0 Å². The molecular formula is C21H22N4O2. The second kappa shape index (κ2) is 8.40. The number of nitrogens with zero attached hydrogens (tertiary/aromatic N) is 2. The van der Waals surface area contributed by atoms with Gasteiger partial charge in [-0.1, -0.05) is 19.1 Å². The molecule has 3 rings (SSSR count). The normalized spacial score (nSPS) is 10.6. The third-order valence-corrected chi connectivity index (χ3v) is 4.40. The van der Waals surface area contributed by atoms with E-state index >= 15 is 0 Å². The van der Waals surface area contributed by atoms with Gasteiger partial charge in [-0.25, -0.2) is 4.98 Å². The first-order valence-electron chi connectivity index (χ1n) is 8.96. The van der Waals surface area contributed by atoms with Crippen LogP contribution in [-0.2, 0) is 17.6 Å². The molecule has 0 radical (unpaired) electrons. The van der Waals surface area contributed by atoms with E-state index in [-0.39, 0.29) is 17.9 Å². The van der Waals surface area contributed by atoms with E-state index in [1.165, 1.54) is 0 Å². The smallest absolute Gasteiger partial charge is 0.254 e. The highest BCUT2D eigenvalue weighted by Gasteiger charge is 2.12. The highest BCUT2D eigenvalue weighted by atomic mass is 16.1. The zero-order valence-electron chi connectivity index (χ0n) is 15.5. The lowest BCUT2D eigenvalue weighted by molar-refractivity contribution is -0.116. The number of aryl methyl sites for hydroxylation is 2. The van der Waals surface area contributed by atoms with Crippen LogP contribution in [0.3, 0.4) is 0 Å². The molecular weight excluding hydrogens is 340 g/mol. The van der Waals surface area contributed by atoms with Gasteiger partial charge in [-0.2, -0.15) is 0 Å². The van der Waals surface area contributed by atoms with Crippen molar-refractivity contribution in [2.75, 3.05) is 5.32 Å². The Balaban J connectivity index is 1.69. The number of aromatic nitrogens is 3. The Bertz CT molecular complexity index is 997. The second-order valence-electron chi connectivity index (χ2n) is 6.32. The van der Waals surface area contributed by atoms with Gasteiger partial charge in [0, 0.05) is 41.3 Å². The van der Waals surface area contributed by atoms with Gasteiger partial charge in [0.25, 0.3) is 5.56 Å². The van der Waals surface area contributed by atoms with E-state index in [2.05, 4.69) is 27.2 Å². The van der Waals surface area contributed by atoms with Crippen molar-refractivity contribution in [2.24, 2.45) is 0 Å². The first-order chi connectivity index (χ1) is 13.1. The summed E-state index contributed by atoms with van der Waals surface area (Å²) < 4.78 is 0. The Labute approximate surface area is 157 Å². The SMILES string of the molecule is CCc1cccc(NC(=O)CCc2c(C)nc(-c3ccncc3)[nH]c2=O)c1. The Hall–Kier alpha value is -3.28. The summed E-state index contributed by atoms with van der Waals surface area (Å²) in [5, 5.41) is 2.88. The van der Waals surface area contributed by atoms with E-state index in [0.29, 0.717) is 23.5 Å². The number of benzene rings is 1. The molecule has 27 heavy (non-hydrogen) atoms. The van der Waals surface area contributed by atoms with Crippen LogP contribution in [0.4, 0.5) is 5.69 Å². The van der Waals surface area contributed by atoms with Crippen molar-refractivity contribution in [1.29, 1.82) is 0 Å². The number of H-pyrrole nitrogens is 1. The molecule has 0 saturated heterocycles. The Morgan fingerprint density at radius 3 is 2.67 bits per heavy atom. The molecule has 0 aliphatic rings. The molecule has 6 heteroatoms. The maximum atomic E-state index is 12.4. The van der Waals surface area contributed by atoms with Gasteiger partial charge in [0.1, 0.15) is 5.82 Å². The number of carbonyl (C=O) groups is 1. The summed E-state index contributed by atoms with van der Waals surface area (Å²) in [6, 6.07) is 11.3. The van der Waals surface area contributed by atoms with Crippen LogP contribution in [0.1, 0.15) is 30.2 Å². The van der Waals surface area contributed by atoms with Gasteiger partial charge in [-0.15, -0.1) is 0 Å². The topological polar surface area (TPSA) is 87.7 Å². The fourth-order valence-corrected chi connectivity index (χ4v) is 2.88. The number of aromatic amines is 1. The molecule has 2 N–H and O–H groups in total. The molecule has 138 valence electrons. The average molecular weight is 362 g/mol. The molecule has 3 aromatic rings. The molecule has 0 aliphatic heterocycles. The Morgan fingerprint density at radius 1 is 1.19 bits per heavy atom. The van der Waals surface area contributed by atoms with E-state index in [1.807, 2.05) is 24.3 Å². The monoisotopic (exact) mass is 362 g/mol. The fraction of sp³-hybridized carbons (Fsp3) is 0.238. The summed E-state index contributed by atoms with van der Waals surface area (Å²) >= 11 is 0. The predicted octanol–water partition coefficient (Wildman–Crippen LogP) is 3.27. The van der Waals surface area contributed by atoms with Crippen LogP contribution in [0, 0.1) is 6.92 Å². The molecule has 0 atom stereocenters. The summed E-state index contributed by atoms with van der Waals surface area (Å²) in [6.07, 6.45) is 4.77. The molecule has 0 spiro atoms. The van der Waals surface area contributed by atoms with Crippen molar-refractivity contribution in [2.45, 2.75) is 33.1 Å². The van der Waals surface area contributed by atoms with E-state index in [1.54, 1.807) is 31.5 Å². The van der Waals surface area contributed by atoms with E-state index in [4.69, 9.17) is 0 Å². The first kappa shape index (κ1) is 18.5. The Morgan fingerprint density at radius 2 is 1.96 bits per heavy atom. The van der Waals surface area contributed by atoms with Crippen molar-refractivity contribution in [3.63, 3.8) is 0 Å². The van der Waals surface area contributed by atoms with E-state index in [9.17, 15) is 9.59 Å². The zero-order valence-corrected chi connectivity index (χ0v) is 15.5. The van der Waals surface area contributed by atoms with Crippen LogP contribution in [0.25, 0.3) is 11.4 Å². The molecule has 2 aromatic heterocycles. The van der Waals surface area contributed by atoms with E-state index < -0.39 is 0 Å². The minimum absolute atomic E-state index is 0.125. The van der Waals surface area contributed by atoms with Crippen molar-refractivity contribution >= 4 is 11.6 Å². The largest absolute Gasteiger partial charge is 0.326 e. The maximum absolute atomic E-state index is 12.4. The molecule has 0 aliphatic carbocycles. The van der Waals surface area contributed by atoms with Crippen LogP contribution in [0.15, 0.2) is 53.6 Å². The Kier molecular flexibility index (Phi) is 5.76. The highest BCUT2D eigenvalue weighted by molar-refractivity contribution is 5.90. The van der Waals surface area contributed by atoms with Crippen LogP contribution in [0.5, 0.6) is 0 Å². The number of anilines is 1. The lowest BCUT2D eigenvalue weighted by Crippen LogP contribution is -2.20. The molecule has 0 fully saturated rings. The quantitative estimate of drug-likeness (QED) is 0.704. The number of pyridine rings is 1. The number of rotatable bonds is 6. The van der Waals surface area contributed by atoms with Crippen molar-refractivity contribution < 1.29 is 4.79 Å². The third-order valence-electron chi connectivity index (χ3n) is 4.40. The van der Waals surface area contributed by atoms with Crippen LogP contribution < -0.4 is 10.9 Å². The van der Waals surface area contributed by atoms with Crippen molar-refractivity contribution in [3.05, 3.63) is 76.0 Å². The van der Waals surface area contributed by atoms with Gasteiger partial charge in [-0.05, 0) is 49.6 Å². The summed E-state index contributed by atoms with van der Waals surface area (Å²) in [5.74, 6) is 0.379. The number of amides is 1. The summed E-state index contributed by atoms with van der Waals surface area (Å²) in [6.45, 7) is 3.86. The number of hydrogen-bond acceptors (Lipinski definition) is 4. The zero-order chi connectivity index (χ0) is 19.2. The minimum Gasteiger partial charge on any atom is -0.326 e. The maximum Gasteiger partial charge on any atom is 0.254 e. The van der Waals surface area contributed by atoms with E-state index in [0.717, 1.165) is 23.2 Å². The number of nitrogens with one attached hydrogen (secondary N) is 2. The number of hydrogen-bond donors (Lipinski definition) is 2. The molecule has 1 amide bonds. The van der Waals surface area contributed by atoms with Crippen LogP contribution >= 0.6 is 0 Å². The summed E-state index contributed by atoms with van der Waals surface area (Å²) in [4.78, 5) is 35.9. The molecule has 0 saturated carbocycles. The third kappa shape index (κ3) is 4.67. The van der Waals surface area contributed by atoms with Gasteiger partial charge in [0.05, 0.1) is 0 Å². The first-order valence-corrected chi connectivity index (χ1v) is 8.96. The molecule has 2 heterocycles. The van der Waals surface area contributed by atoms with Gasteiger partial charge in [0.2, 0.25) is 5.91 Å². The molecule has 0 bridgehead atoms. The van der Waals surface area contributed by atoms with Gasteiger partial charge >= 0.3 is 0 Å². The standard InChI is InChI=1S/C21H22N4O2/c1-3-15-5-4-6-17(13-15)24-19(26)8-7-18-14(2)23-20(25-21(18)27)16-9-11-22-12-10-16/h4-6,9-13H,3,7-8H2,1-2H3,(H,24,26)(H,23,25,27). The predicted molar refractivity (Wildman–Crippen MR) is 106 cm³/mol. The highest BCUT2D eigenvalue weighted by Crippen LogP contribution is 2.15. The van der Waals surface area contributed by atoms with Crippen molar-refractivity contribution in [3.8, 4) is 11.4 Å². The van der Waals surface area contributed by atoms with Gasteiger partial charge < -0.3 is 10.3 Å². The lowest BCUT2D eigenvalue weighted by atomic mass is 10.1. The lowest BCUT2D eigenvalue weighted by Gasteiger charge is -2.09. The molecule has 6 nitrogen and oxygen atoms in total. The van der Waals surface area contributed by atoms with Gasteiger partial charge in [0.15, 0.2) is 0 Å². The fourth-order valence-electron chi connectivity index (χ4n) is 2.88. The van der Waals surface area contributed by atoms with Crippen molar-refractivity contribution in [1.82, 2.24) is 15.0 Å². The minimum atomic E-state index is -0.213. The summed E-state index contributed by atoms with van der Waals surface area (Å²) in [5.41, 5.74) is 3.68. The van der Waals surface area contributed by atoms with Gasteiger partial charge in [-0.3, -0.25) is 14.6 Å². The second-order valence-corrected chi connectivity index (χ2v) is 6.32. The van der Waals surface area contributed by atoms with Crippen LogP contribution in [-0.4, -0.2) is 20.9 Å². The number of carbonyl (C=O) groups excluding carboxylic acids is 1. The molecule has 0 unspecified atom stereocenters. The average Bonchev–Trinajstić information content (AvgIpc) is 2.68. The molecule has 1 aromatic carbocycles.